The lowest BCUT2D eigenvalue weighted by Crippen LogP contribution is -2.06. The van der Waals surface area contributed by atoms with E-state index in [0.29, 0.717) is 6.61 Å². The summed E-state index contributed by atoms with van der Waals surface area (Å²) < 4.78 is 4.96. The van der Waals surface area contributed by atoms with Gasteiger partial charge >= 0.3 is 5.30 Å². The van der Waals surface area contributed by atoms with Crippen LogP contribution in [0.15, 0.2) is 22.6 Å². The van der Waals surface area contributed by atoms with E-state index in [1.165, 1.54) is 0 Å². The van der Waals surface area contributed by atoms with E-state index < -0.39 is 9.24 Å². The van der Waals surface area contributed by atoms with Crippen molar-refractivity contribution in [3.05, 3.63) is 23.4 Å². The second-order valence-electron chi connectivity index (χ2n) is 2.82. The molecule has 1 unspecified atom stereocenters. The van der Waals surface area contributed by atoms with Gasteiger partial charge < -0.3 is 9.72 Å². The molecule has 0 spiro atoms. The van der Waals surface area contributed by atoms with Crippen LogP contribution < -0.4 is 0 Å². The van der Waals surface area contributed by atoms with E-state index in [-0.39, 0.29) is 5.30 Å². The summed E-state index contributed by atoms with van der Waals surface area (Å²) in [5.74, 6) is 0. The number of ether oxygens (including phenoxy) is 1. The van der Waals surface area contributed by atoms with Crippen LogP contribution >= 0.6 is 19.9 Å². The van der Waals surface area contributed by atoms with Crippen LogP contribution in [0.25, 0.3) is 6.08 Å². The predicted octanol–water partition coefficient (Wildman–Crippen LogP) is 3.47. The van der Waals surface area contributed by atoms with E-state index in [9.17, 15) is 4.79 Å². The van der Waals surface area contributed by atoms with Crippen LogP contribution in [0.5, 0.6) is 0 Å². The van der Waals surface area contributed by atoms with Crippen LogP contribution in [0.4, 0.5) is 4.79 Å². The monoisotopic (exact) mass is 231 g/mol. The molecule has 1 atom stereocenters. The molecular weight excluding hydrogens is 222 g/mol. The quantitative estimate of drug-likeness (QED) is 0.752. The predicted molar refractivity (Wildman–Crippen MR) is 58.6 cm³/mol. The van der Waals surface area contributed by atoms with Gasteiger partial charge in [0.05, 0.1) is 12.3 Å². The van der Waals surface area contributed by atoms with Crippen molar-refractivity contribution >= 4 is 31.3 Å². The minimum absolute atomic E-state index is 0.337. The van der Waals surface area contributed by atoms with Crippen LogP contribution in [-0.2, 0) is 4.74 Å². The minimum Gasteiger partial charge on any atom is -0.458 e. The molecule has 1 aromatic heterocycles. The van der Waals surface area contributed by atoms with Gasteiger partial charge in [-0.15, -0.1) is 0 Å². The highest BCUT2D eigenvalue weighted by Crippen LogP contribution is 2.67. The van der Waals surface area contributed by atoms with Crippen molar-refractivity contribution in [1.29, 1.82) is 0 Å². The molecule has 3 nitrogen and oxygen atoms in total. The van der Waals surface area contributed by atoms with Gasteiger partial charge in [-0.05, 0) is 44.4 Å². The summed E-state index contributed by atoms with van der Waals surface area (Å²) in [6.45, 7) is 2.13. The molecule has 0 amide bonds. The minimum atomic E-state index is -2.06. The van der Waals surface area contributed by atoms with Crippen LogP contribution in [0, 0.1) is 0 Å². The first-order valence-corrected chi connectivity index (χ1v) is 6.76. The molecule has 76 valence electrons. The molecule has 2 heterocycles. The maximum atomic E-state index is 11.6. The van der Waals surface area contributed by atoms with Gasteiger partial charge in [0.25, 0.3) is 0 Å². The summed E-state index contributed by atoms with van der Waals surface area (Å²) in [7, 11) is 4.21. The maximum absolute atomic E-state index is 11.6. The van der Waals surface area contributed by atoms with Crippen LogP contribution in [-0.4, -0.2) is 16.9 Å². The number of nitrogens with one attached hydrogen (secondary N) is 1. The maximum Gasteiger partial charge on any atom is 0.370 e. The van der Waals surface area contributed by atoms with E-state index >= 15 is 0 Å². The third kappa shape index (κ3) is 1.26. The summed E-state index contributed by atoms with van der Waals surface area (Å²) in [5.41, 5.74) is 0.906. The number of carbonyl (C=O) groups is 1. The largest absolute Gasteiger partial charge is 0.458 e. The fraction of sp³-hybridized carbons (Fsp3) is 0.222. The van der Waals surface area contributed by atoms with Crippen LogP contribution in [0.2, 0.25) is 0 Å². The Bertz CT molecular complexity index is 401. The molecule has 0 aromatic carbocycles. The highest BCUT2D eigenvalue weighted by Gasteiger charge is 2.37. The van der Waals surface area contributed by atoms with Crippen LogP contribution in [0.1, 0.15) is 12.6 Å². The van der Waals surface area contributed by atoms with Gasteiger partial charge in [-0.3, -0.25) is 0 Å². The Kier molecular flexibility index (Phi) is 2.33. The van der Waals surface area contributed by atoms with Crippen molar-refractivity contribution in [2.75, 3.05) is 6.61 Å². The first-order chi connectivity index (χ1) is 6.68. The third-order valence-corrected chi connectivity index (χ3v) is 5.28. The van der Waals surface area contributed by atoms with Gasteiger partial charge in [0.1, 0.15) is 0 Å². The molecule has 0 aliphatic carbocycles. The van der Waals surface area contributed by atoms with Crippen LogP contribution in [0.3, 0.4) is 0 Å². The number of rotatable bonds is 1. The van der Waals surface area contributed by atoms with Gasteiger partial charge in [0.15, 0.2) is 0 Å². The van der Waals surface area contributed by atoms with Crippen molar-refractivity contribution in [1.82, 2.24) is 4.98 Å². The van der Waals surface area contributed by atoms with Gasteiger partial charge in [0, 0.05) is 11.1 Å². The van der Waals surface area contributed by atoms with E-state index in [4.69, 9.17) is 15.4 Å². The zero-order valence-corrected chi connectivity index (χ0v) is 9.19. The van der Waals surface area contributed by atoms with Gasteiger partial charge in [-0.2, -0.15) is 0 Å². The molecule has 1 aromatic rings. The lowest BCUT2D eigenvalue weighted by atomic mass is 10.4. The number of carbonyl (C=O) groups excluding carboxylic acids is 1. The molecule has 1 aliphatic rings. The molecule has 14 heavy (non-hydrogen) atoms. The summed E-state index contributed by atoms with van der Waals surface area (Å²) in [4.78, 5) is 15.5. The molecule has 2 rings (SSSR count). The number of H-pyrrole nitrogens is 1. The molecule has 0 saturated heterocycles. The Labute approximate surface area is 87.9 Å². The van der Waals surface area contributed by atoms with E-state index in [1.54, 1.807) is 18.5 Å². The number of hydrogen-bond acceptors (Lipinski definition) is 2. The number of aromatic nitrogens is 1. The smallest absolute Gasteiger partial charge is 0.370 e. The Hall–Kier alpha value is -0.870. The first-order valence-electron chi connectivity index (χ1n) is 4.23. The summed E-state index contributed by atoms with van der Waals surface area (Å²) in [6, 6.07) is 1.83. The lowest BCUT2D eigenvalue weighted by Gasteiger charge is -2.22. The Balaban J connectivity index is 2.36. The number of fused-ring (bicyclic) bond motifs is 1. The zero-order valence-electron chi connectivity index (χ0n) is 7.62. The Morgan fingerprint density at radius 3 is 3.21 bits per heavy atom. The SMILES string of the molecule is CCOC(=O)S1(Cl)C=Cc2[nH]ccc21. The third-order valence-electron chi connectivity index (χ3n) is 1.99. The molecule has 5 heteroatoms. The first kappa shape index (κ1) is 9.68. The molecule has 0 bridgehead atoms. The second-order valence-corrected chi connectivity index (χ2v) is 6.49. The Morgan fingerprint density at radius 2 is 2.50 bits per heavy atom. The van der Waals surface area contributed by atoms with E-state index in [1.807, 2.05) is 12.1 Å². The molecular formula is C9H10ClNO2S. The van der Waals surface area contributed by atoms with Gasteiger partial charge in [-0.1, -0.05) is 0 Å². The number of halogens is 1. The van der Waals surface area contributed by atoms with E-state index in [0.717, 1.165) is 10.6 Å². The highest BCUT2D eigenvalue weighted by molar-refractivity contribution is 8.62. The summed E-state index contributed by atoms with van der Waals surface area (Å²) in [6.07, 6.45) is 3.60. The van der Waals surface area contributed by atoms with E-state index in [2.05, 4.69) is 4.98 Å². The summed E-state index contributed by atoms with van der Waals surface area (Å²) >= 11 is 0. The highest BCUT2D eigenvalue weighted by atomic mass is 35.7. The molecule has 1 aliphatic heterocycles. The average Bonchev–Trinajstić information content (AvgIpc) is 2.71. The van der Waals surface area contributed by atoms with Crippen molar-refractivity contribution in [3.63, 3.8) is 0 Å². The average molecular weight is 232 g/mol. The standard InChI is InChI=1S/C9H10ClNO2S/c1-2-13-9(12)14(10)6-4-7-8(14)3-5-11-7/h3-6,11H,2H2,1H3. The molecule has 0 radical (unpaired) electrons. The summed E-state index contributed by atoms with van der Waals surface area (Å²) in [5, 5.41) is 1.39. The normalized spacial score (nSPS) is 28.1. The van der Waals surface area contributed by atoms with Crippen molar-refractivity contribution in [2.24, 2.45) is 0 Å². The van der Waals surface area contributed by atoms with Crippen molar-refractivity contribution < 1.29 is 9.53 Å². The second kappa shape index (κ2) is 3.37. The fourth-order valence-corrected chi connectivity index (χ4v) is 3.80. The zero-order chi connectivity index (χ0) is 10.2. The number of aromatic amines is 1. The number of hydrogen-bond donors (Lipinski definition) is 1. The molecule has 1 N–H and O–H groups in total. The van der Waals surface area contributed by atoms with Gasteiger partial charge in [-0.25, -0.2) is 4.79 Å². The van der Waals surface area contributed by atoms with Gasteiger partial charge in [0.2, 0.25) is 0 Å². The Morgan fingerprint density at radius 1 is 1.71 bits per heavy atom. The fourth-order valence-electron chi connectivity index (χ4n) is 1.34. The lowest BCUT2D eigenvalue weighted by molar-refractivity contribution is 0.181. The molecule has 0 saturated carbocycles. The van der Waals surface area contributed by atoms with Crippen molar-refractivity contribution in [2.45, 2.75) is 11.8 Å². The van der Waals surface area contributed by atoms with Crippen molar-refractivity contribution in [3.8, 4) is 0 Å². The topological polar surface area (TPSA) is 42.1 Å². The molecule has 0 fully saturated rings.